The molecule has 0 saturated heterocycles. The Labute approximate surface area is 99.3 Å². The Morgan fingerprint density at radius 2 is 2.00 bits per heavy atom. The highest BCUT2D eigenvalue weighted by molar-refractivity contribution is 5.26. The lowest BCUT2D eigenvalue weighted by atomic mass is 10.1. The molecule has 2 rings (SSSR count). The highest BCUT2D eigenvalue weighted by Crippen LogP contribution is 2.23. The number of halogens is 2. The predicted molar refractivity (Wildman–Crippen MR) is 60.1 cm³/mol. The molecule has 0 aliphatic heterocycles. The minimum Gasteiger partial charge on any atom is -0.295 e. The van der Waals surface area contributed by atoms with Crippen molar-refractivity contribution >= 4 is 0 Å². The molecule has 2 nitrogen and oxygen atoms in total. The Morgan fingerprint density at radius 1 is 1.29 bits per heavy atom. The maximum Gasteiger partial charge on any atom is 0.129 e. The summed E-state index contributed by atoms with van der Waals surface area (Å²) < 4.78 is 26.6. The average Bonchev–Trinajstić information content (AvgIpc) is 2.82. The number of rotatable bonds is 3. The van der Waals surface area contributed by atoms with Crippen LogP contribution in [0.15, 0.2) is 18.2 Å². The average molecular weight is 236 g/mol. The smallest absolute Gasteiger partial charge is 0.129 e. The minimum absolute atomic E-state index is 0.0967. The summed E-state index contributed by atoms with van der Waals surface area (Å²) in [7, 11) is 0. The maximum absolute atomic E-state index is 13.5. The lowest BCUT2D eigenvalue weighted by Crippen LogP contribution is -2.30. The first-order valence-corrected chi connectivity index (χ1v) is 5.81. The zero-order valence-electron chi connectivity index (χ0n) is 9.42. The van der Waals surface area contributed by atoms with Gasteiger partial charge < -0.3 is 0 Å². The summed E-state index contributed by atoms with van der Waals surface area (Å²) in [6, 6.07) is 4.67. The van der Waals surface area contributed by atoms with E-state index in [9.17, 15) is 8.78 Å². The van der Waals surface area contributed by atoms with E-state index in [2.05, 4.69) is 5.32 Å². The largest absolute Gasteiger partial charge is 0.295 e. The summed E-state index contributed by atoms with van der Waals surface area (Å²) in [5.74, 6) is -1.06. The molecule has 90 valence electrons. The van der Waals surface area contributed by atoms with Crippen molar-refractivity contribution in [3.8, 4) is 6.07 Å². The molecule has 1 saturated carbocycles. The second kappa shape index (κ2) is 5.24. The van der Waals surface area contributed by atoms with Crippen LogP contribution in [0.2, 0.25) is 0 Å². The van der Waals surface area contributed by atoms with Gasteiger partial charge in [-0.25, -0.2) is 8.78 Å². The molecule has 0 amide bonds. The van der Waals surface area contributed by atoms with Gasteiger partial charge in [0.2, 0.25) is 0 Å². The normalized spacial score (nSPS) is 17.9. The van der Waals surface area contributed by atoms with Crippen LogP contribution in [0.5, 0.6) is 0 Å². The van der Waals surface area contributed by atoms with Crippen LogP contribution in [0.1, 0.15) is 37.3 Å². The maximum atomic E-state index is 13.5. The van der Waals surface area contributed by atoms with Crippen LogP contribution in [-0.4, -0.2) is 6.04 Å². The number of hydrogen-bond acceptors (Lipinski definition) is 2. The highest BCUT2D eigenvalue weighted by Gasteiger charge is 2.22. The molecule has 0 spiro atoms. The topological polar surface area (TPSA) is 35.8 Å². The second-order valence-corrected chi connectivity index (χ2v) is 4.38. The van der Waals surface area contributed by atoms with Crippen LogP contribution in [0.25, 0.3) is 0 Å². The molecule has 1 atom stereocenters. The van der Waals surface area contributed by atoms with Crippen LogP contribution >= 0.6 is 0 Å². The third-order valence-corrected chi connectivity index (χ3v) is 3.16. The standard InChI is InChI=1S/C13H14F2N2/c14-9-5-6-12(15)11(7-9)13(8-16)17-10-3-1-2-4-10/h5-7,10,13,17H,1-4H2. The fourth-order valence-corrected chi connectivity index (χ4v) is 2.26. The van der Waals surface area contributed by atoms with E-state index in [-0.39, 0.29) is 11.6 Å². The van der Waals surface area contributed by atoms with E-state index in [1.54, 1.807) is 0 Å². The number of nitrogens with one attached hydrogen (secondary N) is 1. The van der Waals surface area contributed by atoms with Crippen LogP contribution in [0.3, 0.4) is 0 Å². The Morgan fingerprint density at radius 3 is 2.65 bits per heavy atom. The van der Waals surface area contributed by atoms with E-state index in [4.69, 9.17) is 5.26 Å². The first-order valence-electron chi connectivity index (χ1n) is 5.81. The molecule has 17 heavy (non-hydrogen) atoms. The van der Waals surface area contributed by atoms with Gasteiger partial charge in [0.15, 0.2) is 0 Å². The van der Waals surface area contributed by atoms with Crippen LogP contribution < -0.4 is 5.32 Å². The van der Waals surface area contributed by atoms with Gasteiger partial charge in [-0.1, -0.05) is 12.8 Å². The van der Waals surface area contributed by atoms with E-state index in [0.29, 0.717) is 0 Å². The third kappa shape index (κ3) is 2.80. The second-order valence-electron chi connectivity index (χ2n) is 4.38. The first kappa shape index (κ1) is 12.0. The molecule has 1 aliphatic rings. The predicted octanol–water partition coefficient (Wildman–Crippen LogP) is 3.06. The van der Waals surface area contributed by atoms with Gasteiger partial charge in [-0.3, -0.25) is 5.32 Å². The van der Waals surface area contributed by atoms with E-state index < -0.39 is 17.7 Å². The summed E-state index contributed by atoms with van der Waals surface area (Å²) in [6.45, 7) is 0. The Hall–Kier alpha value is -1.47. The molecule has 0 bridgehead atoms. The van der Waals surface area contributed by atoms with Crippen molar-refractivity contribution in [3.63, 3.8) is 0 Å². The molecule has 4 heteroatoms. The SMILES string of the molecule is N#CC(NC1CCCC1)c1cc(F)ccc1F. The summed E-state index contributed by atoms with van der Waals surface area (Å²) in [5.41, 5.74) is 0.0967. The molecule has 1 N–H and O–H groups in total. The van der Waals surface area contributed by atoms with E-state index in [0.717, 1.165) is 43.9 Å². The molecule has 0 aromatic heterocycles. The summed E-state index contributed by atoms with van der Waals surface area (Å²) in [5, 5.41) is 12.1. The Balaban J connectivity index is 2.16. The van der Waals surface area contributed by atoms with Crippen molar-refractivity contribution < 1.29 is 8.78 Å². The van der Waals surface area contributed by atoms with Gasteiger partial charge in [0.25, 0.3) is 0 Å². The van der Waals surface area contributed by atoms with Crippen LogP contribution in [0, 0.1) is 23.0 Å². The molecule has 0 radical (unpaired) electrons. The van der Waals surface area contributed by atoms with E-state index in [1.807, 2.05) is 6.07 Å². The monoisotopic (exact) mass is 236 g/mol. The van der Waals surface area contributed by atoms with Crippen molar-refractivity contribution in [2.75, 3.05) is 0 Å². The van der Waals surface area contributed by atoms with E-state index >= 15 is 0 Å². The molecule has 1 aromatic carbocycles. The van der Waals surface area contributed by atoms with Gasteiger partial charge >= 0.3 is 0 Å². The van der Waals surface area contributed by atoms with Crippen molar-refractivity contribution in [1.29, 1.82) is 5.26 Å². The molecule has 1 aliphatic carbocycles. The quantitative estimate of drug-likeness (QED) is 0.875. The molecular formula is C13H14F2N2. The molecule has 1 unspecified atom stereocenters. The summed E-state index contributed by atoms with van der Waals surface area (Å²) in [6.07, 6.45) is 4.24. The third-order valence-electron chi connectivity index (χ3n) is 3.16. The summed E-state index contributed by atoms with van der Waals surface area (Å²) >= 11 is 0. The lowest BCUT2D eigenvalue weighted by molar-refractivity contribution is 0.474. The fourth-order valence-electron chi connectivity index (χ4n) is 2.26. The Kier molecular flexibility index (Phi) is 3.70. The van der Waals surface area contributed by atoms with Gasteiger partial charge in [-0.05, 0) is 31.0 Å². The van der Waals surface area contributed by atoms with Gasteiger partial charge in [0.1, 0.15) is 17.7 Å². The lowest BCUT2D eigenvalue weighted by Gasteiger charge is -2.17. The minimum atomic E-state index is -0.770. The zero-order chi connectivity index (χ0) is 12.3. The number of nitrogens with zero attached hydrogens (tertiary/aromatic N) is 1. The van der Waals surface area contributed by atoms with Crippen LogP contribution in [-0.2, 0) is 0 Å². The summed E-state index contributed by atoms with van der Waals surface area (Å²) in [4.78, 5) is 0. The zero-order valence-corrected chi connectivity index (χ0v) is 9.42. The van der Waals surface area contributed by atoms with Gasteiger partial charge in [-0.2, -0.15) is 5.26 Å². The van der Waals surface area contributed by atoms with Crippen molar-refractivity contribution in [2.45, 2.75) is 37.8 Å². The van der Waals surface area contributed by atoms with Crippen LogP contribution in [0.4, 0.5) is 8.78 Å². The molecular weight excluding hydrogens is 222 g/mol. The molecule has 0 heterocycles. The highest BCUT2D eigenvalue weighted by atomic mass is 19.1. The van der Waals surface area contributed by atoms with Crippen molar-refractivity contribution in [1.82, 2.24) is 5.32 Å². The first-order chi connectivity index (χ1) is 8.20. The Bertz CT molecular complexity index is 434. The molecule has 1 fully saturated rings. The van der Waals surface area contributed by atoms with Gasteiger partial charge in [-0.15, -0.1) is 0 Å². The van der Waals surface area contributed by atoms with Gasteiger partial charge in [0.05, 0.1) is 6.07 Å². The van der Waals surface area contributed by atoms with Gasteiger partial charge in [0, 0.05) is 11.6 Å². The van der Waals surface area contributed by atoms with Crippen molar-refractivity contribution in [2.24, 2.45) is 0 Å². The molecule has 1 aromatic rings. The number of benzene rings is 1. The van der Waals surface area contributed by atoms with Crippen molar-refractivity contribution in [3.05, 3.63) is 35.4 Å². The number of hydrogen-bond donors (Lipinski definition) is 1. The van der Waals surface area contributed by atoms with E-state index in [1.165, 1.54) is 0 Å². The number of nitriles is 1. The fraction of sp³-hybridized carbons (Fsp3) is 0.462.